The van der Waals surface area contributed by atoms with Gasteiger partial charge in [0.15, 0.2) is 0 Å². The van der Waals surface area contributed by atoms with E-state index in [4.69, 9.17) is 9.47 Å². The zero-order chi connectivity index (χ0) is 16.4. The van der Waals surface area contributed by atoms with Crippen molar-refractivity contribution in [1.29, 1.82) is 0 Å². The molecule has 23 heavy (non-hydrogen) atoms. The highest BCUT2D eigenvalue weighted by Crippen LogP contribution is 2.29. The Morgan fingerprint density at radius 1 is 1.35 bits per heavy atom. The number of hydrogen-bond donors (Lipinski definition) is 0. The first-order valence-corrected chi connectivity index (χ1v) is 7.58. The predicted molar refractivity (Wildman–Crippen MR) is 86.5 cm³/mol. The lowest BCUT2D eigenvalue weighted by Gasteiger charge is -2.33. The van der Waals surface area contributed by atoms with Gasteiger partial charge in [0, 0.05) is 39.6 Å². The molecule has 3 rings (SSSR count). The van der Waals surface area contributed by atoms with Crippen LogP contribution < -0.4 is 4.90 Å². The number of amides is 1. The van der Waals surface area contributed by atoms with E-state index < -0.39 is 0 Å². The van der Waals surface area contributed by atoms with E-state index in [-0.39, 0.29) is 12.0 Å². The minimum Gasteiger partial charge on any atom is -0.379 e. The third-order valence-electron chi connectivity index (χ3n) is 4.11. The third-order valence-corrected chi connectivity index (χ3v) is 4.11. The van der Waals surface area contributed by atoms with Crippen LogP contribution in [0.5, 0.6) is 0 Å². The minimum absolute atomic E-state index is 0.00334. The molecule has 0 saturated carbocycles. The van der Waals surface area contributed by atoms with Crippen LogP contribution in [0.15, 0.2) is 30.5 Å². The van der Waals surface area contributed by atoms with Gasteiger partial charge >= 0.3 is 0 Å². The van der Waals surface area contributed by atoms with E-state index in [0.717, 1.165) is 17.7 Å². The van der Waals surface area contributed by atoms with Gasteiger partial charge in [-0.25, -0.2) is 0 Å². The number of aryl methyl sites for hydroxylation is 1. The number of nitrogens with zero attached hydrogens (tertiary/aromatic N) is 3. The van der Waals surface area contributed by atoms with Gasteiger partial charge in [0.2, 0.25) is 0 Å². The molecule has 0 bridgehead atoms. The van der Waals surface area contributed by atoms with Gasteiger partial charge in [-0.05, 0) is 11.6 Å². The summed E-state index contributed by atoms with van der Waals surface area (Å²) in [6.07, 6.45) is 2.56. The molecular weight excluding hydrogens is 294 g/mol. The Bertz CT molecular complexity index is 711. The summed E-state index contributed by atoms with van der Waals surface area (Å²) < 4.78 is 12.3. The van der Waals surface area contributed by atoms with Crippen LogP contribution in [0, 0.1) is 0 Å². The number of fused-ring (bicyclic) bond motifs is 1. The highest BCUT2D eigenvalue weighted by molar-refractivity contribution is 6.07. The lowest BCUT2D eigenvalue weighted by atomic mass is 9.99. The molecule has 1 aromatic heterocycles. The Kier molecular flexibility index (Phi) is 4.45. The van der Waals surface area contributed by atoms with Crippen LogP contribution in [0.1, 0.15) is 21.6 Å². The third kappa shape index (κ3) is 3.00. The second-order valence-corrected chi connectivity index (χ2v) is 5.70. The maximum absolute atomic E-state index is 13.1. The first kappa shape index (κ1) is 15.7. The number of hydrogen-bond acceptors (Lipinski definition) is 4. The van der Waals surface area contributed by atoms with Crippen molar-refractivity contribution in [2.75, 3.05) is 25.7 Å². The van der Waals surface area contributed by atoms with E-state index in [2.05, 4.69) is 5.10 Å². The number of carbonyl (C=O) groups excluding carboxylic acids is 1. The molecule has 1 unspecified atom stereocenters. The summed E-state index contributed by atoms with van der Waals surface area (Å²) in [6, 6.07) is 7.96. The van der Waals surface area contributed by atoms with Crippen LogP contribution in [0.4, 0.5) is 5.69 Å². The van der Waals surface area contributed by atoms with Crippen LogP contribution >= 0.6 is 0 Å². The van der Waals surface area contributed by atoms with Crippen LogP contribution in [0.2, 0.25) is 0 Å². The highest BCUT2D eigenvalue weighted by Gasteiger charge is 2.30. The number of para-hydroxylation sites is 1. The SMILES string of the molecule is COCc1nn(C)cc1C(=O)N1CC(OC)Cc2ccccc21. The molecule has 0 radical (unpaired) electrons. The maximum atomic E-state index is 13.1. The van der Waals surface area contributed by atoms with Crippen molar-refractivity contribution in [1.82, 2.24) is 9.78 Å². The highest BCUT2D eigenvalue weighted by atomic mass is 16.5. The molecule has 1 aromatic carbocycles. The maximum Gasteiger partial charge on any atom is 0.261 e. The normalized spacial score (nSPS) is 17.2. The first-order chi connectivity index (χ1) is 11.1. The van der Waals surface area contributed by atoms with Crippen LogP contribution in [-0.4, -0.2) is 42.6 Å². The van der Waals surface area contributed by atoms with Crippen LogP contribution in [-0.2, 0) is 29.5 Å². The average molecular weight is 315 g/mol. The Balaban J connectivity index is 1.99. The standard InChI is InChI=1S/C17H21N3O3/c1-19-10-14(15(18-19)11-22-2)17(21)20-9-13(23-3)8-12-6-4-5-7-16(12)20/h4-7,10,13H,8-9,11H2,1-3H3. The molecule has 1 atom stereocenters. The fourth-order valence-corrected chi connectivity index (χ4v) is 3.01. The number of anilines is 1. The second kappa shape index (κ2) is 6.52. The molecule has 2 heterocycles. The van der Waals surface area contributed by atoms with Gasteiger partial charge in [0.25, 0.3) is 5.91 Å². The molecule has 6 heteroatoms. The van der Waals surface area contributed by atoms with E-state index >= 15 is 0 Å². The van der Waals surface area contributed by atoms with Gasteiger partial charge in [-0.2, -0.15) is 5.10 Å². The molecule has 6 nitrogen and oxygen atoms in total. The van der Waals surface area contributed by atoms with Gasteiger partial charge in [-0.15, -0.1) is 0 Å². The smallest absolute Gasteiger partial charge is 0.261 e. The van der Waals surface area contributed by atoms with Crippen molar-refractivity contribution < 1.29 is 14.3 Å². The largest absolute Gasteiger partial charge is 0.379 e. The number of benzene rings is 1. The monoisotopic (exact) mass is 315 g/mol. The number of ether oxygens (including phenoxy) is 2. The molecule has 1 amide bonds. The second-order valence-electron chi connectivity index (χ2n) is 5.70. The van der Waals surface area contributed by atoms with Crippen LogP contribution in [0.25, 0.3) is 0 Å². The van der Waals surface area contributed by atoms with Gasteiger partial charge in [0.1, 0.15) is 5.69 Å². The van der Waals surface area contributed by atoms with E-state index in [1.54, 1.807) is 37.0 Å². The molecule has 1 aliphatic heterocycles. The molecule has 0 fully saturated rings. The molecule has 122 valence electrons. The molecule has 0 aliphatic carbocycles. The Morgan fingerprint density at radius 2 is 2.13 bits per heavy atom. The molecule has 2 aromatic rings. The summed E-state index contributed by atoms with van der Waals surface area (Å²) in [5.74, 6) is -0.0700. The lowest BCUT2D eigenvalue weighted by molar-refractivity contribution is 0.0867. The Hall–Kier alpha value is -2.18. The van der Waals surface area contributed by atoms with Crippen molar-refractivity contribution >= 4 is 11.6 Å². The predicted octanol–water partition coefficient (Wildman–Crippen LogP) is 1.78. The first-order valence-electron chi connectivity index (χ1n) is 7.58. The van der Waals surface area contributed by atoms with E-state index in [0.29, 0.717) is 24.4 Å². The fraction of sp³-hybridized carbons (Fsp3) is 0.412. The zero-order valence-corrected chi connectivity index (χ0v) is 13.7. The molecular formula is C17H21N3O3. The van der Waals surface area contributed by atoms with Crippen LogP contribution in [0.3, 0.4) is 0 Å². The summed E-state index contributed by atoms with van der Waals surface area (Å²) in [6.45, 7) is 0.846. The van der Waals surface area contributed by atoms with Crippen molar-refractivity contribution in [2.24, 2.45) is 7.05 Å². The molecule has 1 aliphatic rings. The molecule has 0 N–H and O–H groups in total. The Morgan fingerprint density at radius 3 is 2.87 bits per heavy atom. The topological polar surface area (TPSA) is 56.6 Å². The van der Waals surface area contributed by atoms with E-state index in [9.17, 15) is 4.79 Å². The zero-order valence-electron chi connectivity index (χ0n) is 13.7. The van der Waals surface area contributed by atoms with Crippen molar-refractivity contribution in [3.8, 4) is 0 Å². The summed E-state index contributed by atoms with van der Waals surface area (Å²) >= 11 is 0. The van der Waals surface area contributed by atoms with Crippen molar-refractivity contribution in [3.05, 3.63) is 47.3 Å². The van der Waals surface area contributed by atoms with Gasteiger partial charge in [0.05, 0.1) is 24.8 Å². The molecule has 0 saturated heterocycles. The number of rotatable bonds is 4. The summed E-state index contributed by atoms with van der Waals surface area (Å²) in [4.78, 5) is 14.9. The summed E-state index contributed by atoms with van der Waals surface area (Å²) in [5, 5.41) is 4.32. The number of aromatic nitrogens is 2. The summed E-state index contributed by atoms with van der Waals surface area (Å²) in [7, 11) is 5.08. The number of methoxy groups -OCH3 is 2. The van der Waals surface area contributed by atoms with Crippen molar-refractivity contribution in [2.45, 2.75) is 19.1 Å². The number of carbonyl (C=O) groups is 1. The average Bonchev–Trinajstić information content (AvgIpc) is 2.94. The lowest BCUT2D eigenvalue weighted by Crippen LogP contribution is -2.43. The van der Waals surface area contributed by atoms with Gasteiger partial charge < -0.3 is 14.4 Å². The minimum atomic E-state index is -0.0700. The van der Waals surface area contributed by atoms with Crippen molar-refractivity contribution in [3.63, 3.8) is 0 Å². The molecule has 0 spiro atoms. The van der Waals surface area contributed by atoms with Gasteiger partial charge in [-0.1, -0.05) is 18.2 Å². The Labute approximate surface area is 135 Å². The van der Waals surface area contributed by atoms with E-state index in [1.807, 2.05) is 24.3 Å². The fourth-order valence-electron chi connectivity index (χ4n) is 3.01. The quantitative estimate of drug-likeness (QED) is 0.863. The summed E-state index contributed by atoms with van der Waals surface area (Å²) in [5.41, 5.74) is 3.28. The van der Waals surface area contributed by atoms with Gasteiger partial charge in [-0.3, -0.25) is 9.48 Å². The van der Waals surface area contributed by atoms with E-state index in [1.165, 1.54) is 0 Å².